The van der Waals surface area contributed by atoms with Gasteiger partial charge < -0.3 is 5.32 Å². The third-order valence-corrected chi connectivity index (χ3v) is 3.86. The van der Waals surface area contributed by atoms with Crippen LogP contribution in [0.5, 0.6) is 0 Å². The van der Waals surface area contributed by atoms with Crippen LogP contribution in [0.4, 0.5) is 5.69 Å². The molecule has 3 rings (SSSR count). The van der Waals surface area contributed by atoms with Crippen LogP contribution in [0.1, 0.15) is 17.2 Å². The summed E-state index contributed by atoms with van der Waals surface area (Å²) >= 11 is 3.47. The lowest BCUT2D eigenvalue weighted by atomic mass is 9.99. The molecule has 4 heteroatoms. The number of hydrogen-bond donors (Lipinski definition) is 1. The molecule has 0 fully saturated rings. The van der Waals surface area contributed by atoms with Crippen molar-refractivity contribution in [3.8, 4) is 0 Å². The van der Waals surface area contributed by atoms with Gasteiger partial charge in [-0.1, -0.05) is 46.3 Å². The van der Waals surface area contributed by atoms with Crippen LogP contribution in [0.2, 0.25) is 0 Å². The molecule has 0 aliphatic heterocycles. The quantitative estimate of drug-likeness (QED) is 0.654. The Morgan fingerprint density at radius 2 is 1.36 bits per heavy atom. The molecule has 1 heterocycles. The van der Waals surface area contributed by atoms with Crippen LogP contribution in [0.25, 0.3) is 0 Å². The number of anilines is 1. The highest BCUT2D eigenvalue weighted by atomic mass is 79.9. The Morgan fingerprint density at radius 3 is 2.00 bits per heavy atom. The first-order valence-electron chi connectivity index (χ1n) is 6.80. The molecule has 0 aliphatic rings. The lowest BCUT2D eigenvalue weighted by Gasteiger charge is -2.21. The molecule has 0 radical (unpaired) electrons. The second-order valence-corrected chi connectivity index (χ2v) is 5.69. The maximum Gasteiger partial charge on any atom is 0.0768 e. The summed E-state index contributed by atoms with van der Waals surface area (Å²) in [6.07, 6.45) is 3.66. The van der Waals surface area contributed by atoms with Crippen LogP contribution in [-0.4, -0.2) is 4.98 Å². The molecular formula is C18H16BrClN2. The Balaban J connectivity index is 0.00000176. The molecule has 1 atom stereocenters. The van der Waals surface area contributed by atoms with Crippen molar-refractivity contribution in [3.05, 3.63) is 94.7 Å². The monoisotopic (exact) mass is 374 g/mol. The molecule has 0 amide bonds. The average molecular weight is 376 g/mol. The minimum Gasteiger partial charge on any atom is -0.374 e. The molecule has 0 saturated carbocycles. The van der Waals surface area contributed by atoms with Crippen LogP contribution in [0.15, 0.2) is 83.6 Å². The second-order valence-electron chi connectivity index (χ2n) is 4.78. The Hall–Kier alpha value is -1.84. The SMILES string of the molecule is Brc1ccc(NC(c2ccccc2)c2ccncc2)cc1.Cl. The molecule has 3 aromatic rings. The number of nitrogens with zero attached hydrogens (tertiary/aromatic N) is 1. The summed E-state index contributed by atoms with van der Waals surface area (Å²) in [7, 11) is 0. The van der Waals surface area contributed by atoms with Gasteiger partial charge in [0.25, 0.3) is 0 Å². The number of nitrogens with one attached hydrogen (secondary N) is 1. The second kappa shape index (κ2) is 7.97. The van der Waals surface area contributed by atoms with Gasteiger partial charge in [-0.15, -0.1) is 12.4 Å². The zero-order chi connectivity index (χ0) is 14.5. The van der Waals surface area contributed by atoms with Gasteiger partial charge in [0.1, 0.15) is 0 Å². The lowest BCUT2D eigenvalue weighted by Crippen LogP contribution is -2.12. The van der Waals surface area contributed by atoms with E-state index < -0.39 is 0 Å². The Kier molecular flexibility index (Phi) is 5.99. The number of benzene rings is 2. The molecule has 22 heavy (non-hydrogen) atoms. The van der Waals surface area contributed by atoms with Crippen molar-refractivity contribution in [1.82, 2.24) is 4.98 Å². The average Bonchev–Trinajstić information content (AvgIpc) is 2.56. The van der Waals surface area contributed by atoms with Crippen LogP contribution in [0, 0.1) is 0 Å². The first-order valence-corrected chi connectivity index (χ1v) is 7.59. The minimum atomic E-state index is 0. The van der Waals surface area contributed by atoms with Gasteiger partial charge in [-0.2, -0.15) is 0 Å². The standard InChI is InChI=1S/C18H15BrN2.ClH/c19-16-6-8-17(9-7-16)21-18(14-4-2-1-3-5-14)15-10-12-20-13-11-15;/h1-13,18,21H;1H. The summed E-state index contributed by atoms with van der Waals surface area (Å²) in [5.41, 5.74) is 3.51. The zero-order valence-electron chi connectivity index (χ0n) is 11.8. The smallest absolute Gasteiger partial charge is 0.0768 e. The fourth-order valence-electron chi connectivity index (χ4n) is 2.27. The van der Waals surface area contributed by atoms with Gasteiger partial charge >= 0.3 is 0 Å². The van der Waals surface area contributed by atoms with Crippen molar-refractivity contribution in [2.75, 3.05) is 5.32 Å². The third-order valence-electron chi connectivity index (χ3n) is 3.33. The summed E-state index contributed by atoms with van der Waals surface area (Å²) in [6, 6.07) is 22.8. The zero-order valence-corrected chi connectivity index (χ0v) is 14.2. The minimum absolute atomic E-state index is 0. The summed E-state index contributed by atoms with van der Waals surface area (Å²) in [5.74, 6) is 0. The normalized spacial score (nSPS) is 11.3. The number of hydrogen-bond acceptors (Lipinski definition) is 2. The lowest BCUT2D eigenvalue weighted by molar-refractivity contribution is 0.934. The van der Waals surface area contributed by atoms with Gasteiger partial charge in [0.2, 0.25) is 0 Å². The van der Waals surface area contributed by atoms with E-state index >= 15 is 0 Å². The van der Waals surface area contributed by atoms with Crippen molar-refractivity contribution < 1.29 is 0 Å². The van der Waals surface area contributed by atoms with E-state index in [-0.39, 0.29) is 18.4 Å². The fraction of sp³-hybridized carbons (Fsp3) is 0.0556. The highest BCUT2D eigenvalue weighted by Crippen LogP contribution is 2.26. The molecule has 1 aromatic heterocycles. The van der Waals surface area contributed by atoms with Gasteiger partial charge in [-0.25, -0.2) is 0 Å². The van der Waals surface area contributed by atoms with E-state index in [1.807, 2.05) is 42.7 Å². The van der Waals surface area contributed by atoms with Gasteiger partial charge in [0.15, 0.2) is 0 Å². The molecule has 1 unspecified atom stereocenters. The van der Waals surface area contributed by atoms with Gasteiger partial charge in [-0.3, -0.25) is 4.98 Å². The van der Waals surface area contributed by atoms with Crippen molar-refractivity contribution >= 4 is 34.0 Å². The molecule has 0 saturated heterocycles. The molecule has 0 bridgehead atoms. The van der Waals surface area contributed by atoms with Gasteiger partial charge in [0, 0.05) is 22.6 Å². The van der Waals surface area contributed by atoms with Crippen LogP contribution < -0.4 is 5.32 Å². The van der Waals surface area contributed by atoms with Crippen LogP contribution >= 0.6 is 28.3 Å². The summed E-state index contributed by atoms with van der Waals surface area (Å²) in [6.45, 7) is 0. The molecular weight excluding hydrogens is 360 g/mol. The topological polar surface area (TPSA) is 24.9 Å². The predicted octanol–water partition coefficient (Wildman–Crippen LogP) is 5.47. The number of rotatable bonds is 4. The highest BCUT2D eigenvalue weighted by molar-refractivity contribution is 9.10. The van der Waals surface area contributed by atoms with E-state index in [1.54, 1.807) is 0 Å². The highest BCUT2D eigenvalue weighted by Gasteiger charge is 2.13. The Morgan fingerprint density at radius 1 is 0.773 bits per heavy atom. The van der Waals surface area contributed by atoms with E-state index in [4.69, 9.17) is 0 Å². The molecule has 0 spiro atoms. The third kappa shape index (κ3) is 4.09. The summed E-state index contributed by atoms with van der Waals surface area (Å²) in [5, 5.41) is 3.59. The molecule has 0 aliphatic carbocycles. The predicted molar refractivity (Wildman–Crippen MR) is 97.5 cm³/mol. The van der Waals surface area contributed by atoms with Crippen molar-refractivity contribution in [3.63, 3.8) is 0 Å². The summed E-state index contributed by atoms with van der Waals surface area (Å²) in [4.78, 5) is 4.11. The number of aromatic nitrogens is 1. The Bertz CT molecular complexity index is 648. The van der Waals surface area contributed by atoms with E-state index in [1.165, 1.54) is 11.1 Å². The maximum atomic E-state index is 4.11. The van der Waals surface area contributed by atoms with E-state index in [9.17, 15) is 0 Å². The van der Waals surface area contributed by atoms with Crippen LogP contribution in [0.3, 0.4) is 0 Å². The van der Waals surface area contributed by atoms with Gasteiger partial charge in [0.05, 0.1) is 6.04 Å². The fourth-order valence-corrected chi connectivity index (χ4v) is 2.54. The van der Waals surface area contributed by atoms with E-state index in [0.29, 0.717) is 0 Å². The number of halogens is 2. The molecule has 2 aromatic carbocycles. The number of pyridine rings is 1. The van der Waals surface area contributed by atoms with E-state index in [2.05, 4.69) is 62.6 Å². The summed E-state index contributed by atoms with van der Waals surface area (Å²) < 4.78 is 1.08. The van der Waals surface area contributed by atoms with Crippen molar-refractivity contribution in [2.24, 2.45) is 0 Å². The van der Waals surface area contributed by atoms with Crippen molar-refractivity contribution in [1.29, 1.82) is 0 Å². The van der Waals surface area contributed by atoms with E-state index in [0.717, 1.165) is 10.2 Å². The van der Waals surface area contributed by atoms with Gasteiger partial charge in [-0.05, 0) is 47.5 Å². The first kappa shape index (κ1) is 16.5. The Labute approximate surface area is 145 Å². The van der Waals surface area contributed by atoms with Crippen LogP contribution in [-0.2, 0) is 0 Å². The largest absolute Gasteiger partial charge is 0.374 e. The molecule has 1 N–H and O–H groups in total. The maximum absolute atomic E-state index is 4.11. The molecule has 2 nitrogen and oxygen atoms in total. The first-order chi connectivity index (χ1) is 10.3. The molecule has 112 valence electrons. The van der Waals surface area contributed by atoms with Crippen molar-refractivity contribution in [2.45, 2.75) is 6.04 Å².